The lowest BCUT2D eigenvalue weighted by Gasteiger charge is -2.09. The molecule has 0 unspecified atom stereocenters. The van der Waals surface area contributed by atoms with Gasteiger partial charge in [-0.05, 0) is 62.2 Å². The van der Waals surface area contributed by atoms with Crippen molar-refractivity contribution in [1.82, 2.24) is 9.78 Å². The fourth-order valence-electron chi connectivity index (χ4n) is 2.76. The van der Waals surface area contributed by atoms with Crippen LogP contribution in [0.4, 0.5) is 14.5 Å². The highest BCUT2D eigenvalue weighted by Crippen LogP contribution is 2.20. The van der Waals surface area contributed by atoms with Crippen molar-refractivity contribution in [2.75, 3.05) is 5.32 Å². The molecule has 0 aliphatic carbocycles. The molecule has 0 radical (unpaired) electrons. The number of anilines is 1. The summed E-state index contributed by atoms with van der Waals surface area (Å²) < 4.78 is 28.8. The fraction of sp³-hybridized carbons (Fsp3) is 0.200. The van der Waals surface area contributed by atoms with Gasteiger partial charge >= 0.3 is 0 Å². The third-order valence-corrected chi connectivity index (χ3v) is 4.02. The molecule has 3 aromatic rings. The van der Waals surface area contributed by atoms with E-state index in [1.54, 1.807) is 24.3 Å². The monoisotopic (exact) mass is 355 g/mol. The van der Waals surface area contributed by atoms with E-state index in [2.05, 4.69) is 10.4 Å². The molecule has 1 N–H and O–H groups in total. The van der Waals surface area contributed by atoms with Gasteiger partial charge in [-0.2, -0.15) is 5.10 Å². The van der Waals surface area contributed by atoms with Gasteiger partial charge in [0.2, 0.25) is 5.91 Å². The summed E-state index contributed by atoms with van der Waals surface area (Å²) in [5.74, 6) is -1.00. The van der Waals surface area contributed by atoms with Gasteiger partial charge in [-0.25, -0.2) is 13.5 Å². The van der Waals surface area contributed by atoms with Gasteiger partial charge in [-0.15, -0.1) is 0 Å². The van der Waals surface area contributed by atoms with Crippen LogP contribution in [0.1, 0.15) is 23.4 Å². The molecule has 0 fully saturated rings. The van der Waals surface area contributed by atoms with Gasteiger partial charge in [0, 0.05) is 17.8 Å². The van der Waals surface area contributed by atoms with Crippen molar-refractivity contribution in [1.29, 1.82) is 0 Å². The van der Waals surface area contributed by atoms with E-state index in [0.29, 0.717) is 17.8 Å². The third-order valence-electron chi connectivity index (χ3n) is 4.02. The average molecular weight is 355 g/mol. The molecule has 4 nitrogen and oxygen atoms in total. The molecule has 0 saturated heterocycles. The van der Waals surface area contributed by atoms with Gasteiger partial charge in [-0.1, -0.05) is 12.1 Å². The maximum Gasteiger partial charge on any atom is 0.224 e. The number of benzene rings is 2. The first-order chi connectivity index (χ1) is 12.4. The number of rotatable bonds is 5. The number of aromatic nitrogens is 2. The SMILES string of the molecule is Cc1cc(C)n(-c2ccc(NC(=O)CCc3ccc(F)cc3)cc2F)n1. The first kappa shape index (κ1) is 17.8. The van der Waals surface area contributed by atoms with E-state index in [1.807, 2.05) is 19.9 Å². The predicted molar refractivity (Wildman–Crippen MR) is 96.3 cm³/mol. The van der Waals surface area contributed by atoms with Crippen LogP contribution in [0, 0.1) is 25.5 Å². The summed E-state index contributed by atoms with van der Waals surface area (Å²) in [6.45, 7) is 3.70. The number of hydrogen-bond acceptors (Lipinski definition) is 2. The molecule has 2 aromatic carbocycles. The second kappa shape index (κ2) is 7.47. The van der Waals surface area contributed by atoms with Crippen LogP contribution < -0.4 is 5.32 Å². The van der Waals surface area contributed by atoms with Gasteiger partial charge in [0.15, 0.2) is 5.82 Å². The quantitative estimate of drug-likeness (QED) is 0.740. The Bertz CT molecular complexity index is 933. The lowest BCUT2D eigenvalue weighted by molar-refractivity contribution is -0.116. The Balaban J connectivity index is 1.64. The predicted octanol–water partition coefficient (Wildman–Crippen LogP) is 4.34. The molecular formula is C20H19F2N3O. The van der Waals surface area contributed by atoms with Crippen molar-refractivity contribution in [3.05, 3.63) is 77.1 Å². The number of hydrogen-bond donors (Lipinski definition) is 1. The highest BCUT2D eigenvalue weighted by Gasteiger charge is 2.11. The Morgan fingerprint density at radius 2 is 1.81 bits per heavy atom. The standard InChI is InChI=1S/C20H19F2N3O/c1-13-11-14(2)25(24-13)19-9-8-17(12-18(19)22)23-20(26)10-5-15-3-6-16(21)7-4-15/h3-4,6-9,11-12H,5,10H2,1-2H3,(H,23,26). The number of nitrogens with one attached hydrogen (secondary N) is 1. The molecule has 0 spiro atoms. The summed E-state index contributed by atoms with van der Waals surface area (Å²) in [6.07, 6.45) is 0.713. The smallest absolute Gasteiger partial charge is 0.224 e. The summed E-state index contributed by atoms with van der Waals surface area (Å²) in [6, 6.07) is 12.4. The summed E-state index contributed by atoms with van der Waals surface area (Å²) >= 11 is 0. The first-order valence-corrected chi connectivity index (χ1v) is 8.30. The van der Waals surface area contributed by atoms with Crippen molar-refractivity contribution in [2.24, 2.45) is 0 Å². The van der Waals surface area contributed by atoms with E-state index in [4.69, 9.17) is 0 Å². The largest absolute Gasteiger partial charge is 0.326 e. The lowest BCUT2D eigenvalue weighted by Crippen LogP contribution is -2.13. The van der Waals surface area contributed by atoms with Crippen molar-refractivity contribution >= 4 is 11.6 Å². The van der Waals surface area contributed by atoms with Crippen LogP contribution in [-0.2, 0) is 11.2 Å². The molecule has 1 amide bonds. The number of nitrogens with zero attached hydrogens (tertiary/aromatic N) is 2. The van der Waals surface area contributed by atoms with Gasteiger partial charge < -0.3 is 5.32 Å². The maximum atomic E-state index is 14.4. The Hall–Kier alpha value is -3.02. The highest BCUT2D eigenvalue weighted by molar-refractivity contribution is 5.90. The minimum Gasteiger partial charge on any atom is -0.326 e. The van der Waals surface area contributed by atoms with Crippen LogP contribution in [0.3, 0.4) is 0 Å². The molecule has 26 heavy (non-hydrogen) atoms. The third kappa shape index (κ3) is 4.14. The second-order valence-corrected chi connectivity index (χ2v) is 6.18. The van der Waals surface area contributed by atoms with E-state index >= 15 is 0 Å². The number of carbonyl (C=O) groups excluding carboxylic acids is 1. The zero-order chi connectivity index (χ0) is 18.7. The molecule has 0 aliphatic heterocycles. The van der Waals surface area contributed by atoms with E-state index in [-0.39, 0.29) is 18.1 Å². The van der Waals surface area contributed by atoms with E-state index < -0.39 is 5.82 Å². The maximum absolute atomic E-state index is 14.4. The molecule has 1 heterocycles. The normalized spacial score (nSPS) is 10.8. The van der Waals surface area contributed by atoms with Crippen LogP contribution in [0.15, 0.2) is 48.5 Å². The molecule has 3 rings (SSSR count). The molecule has 0 aliphatic rings. The number of aryl methyl sites for hydroxylation is 3. The van der Waals surface area contributed by atoms with Crippen molar-refractivity contribution < 1.29 is 13.6 Å². The zero-order valence-electron chi connectivity index (χ0n) is 14.6. The van der Waals surface area contributed by atoms with E-state index in [1.165, 1.54) is 22.9 Å². The molecular weight excluding hydrogens is 336 g/mol. The molecule has 6 heteroatoms. The second-order valence-electron chi connectivity index (χ2n) is 6.18. The molecule has 134 valence electrons. The summed E-state index contributed by atoms with van der Waals surface area (Å²) in [5.41, 5.74) is 3.22. The van der Waals surface area contributed by atoms with Gasteiger partial charge in [-0.3, -0.25) is 4.79 Å². The molecule has 0 atom stereocenters. The van der Waals surface area contributed by atoms with Crippen LogP contribution in [-0.4, -0.2) is 15.7 Å². The number of halogens is 2. The Morgan fingerprint density at radius 1 is 1.08 bits per heavy atom. The Morgan fingerprint density at radius 3 is 2.42 bits per heavy atom. The zero-order valence-corrected chi connectivity index (χ0v) is 14.6. The number of amides is 1. The van der Waals surface area contributed by atoms with Crippen molar-refractivity contribution in [3.8, 4) is 5.69 Å². The first-order valence-electron chi connectivity index (χ1n) is 8.30. The highest BCUT2D eigenvalue weighted by atomic mass is 19.1. The summed E-state index contributed by atoms with van der Waals surface area (Å²) in [5, 5.41) is 6.94. The molecule has 1 aromatic heterocycles. The van der Waals surface area contributed by atoms with Gasteiger partial charge in [0.05, 0.1) is 5.69 Å². The lowest BCUT2D eigenvalue weighted by atomic mass is 10.1. The van der Waals surface area contributed by atoms with Crippen molar-refractivity contribution in [2.45, 2.75) is 26.7 Å². The van der Waals surface area contributed by atoms with Crippen molar-refractivity contribution in [3.63, 3.8) is 0 Å². The fourth-order valence-corrected chi connectivity index (χ4v) is 2.76. The Kier molecular flexibility index (Phi) is 5.11. The summed E-state index contributed by atoms with van der Waals surface area (Å²) in [7, 11) is 0. The van der Waals surface area contributed by atoms with Crippen LogP contribution in [0.2, 0.25) is 0 Å². The van der Waals surface area contributed by atoms with Gasteiger partial charge in [0.25, 0.3) is 0 Å². The minimum atomic E-state index is -0.465. The average Bonchev–Trinajstić information content (AvgIpc) is 2.93. The van der Waals surface area contributed by atoms with E-state index in [0.717, 1.165) is 17.0 Å². The molecule has 0 bridgehead atoms. The van der Waals surface area contributed by atoms with Crippen LogP contribution >= 0.6 is 0 Å². The number of carbonyl (C=O) groups is 1. The minimum absolute atomic E-state index is 0.229. The Labute approximate surface area is 150 Å². The van der Waals surface area contributed by atoms with Crippen LogP contribution in [0.25, 0.3) is 5.69 Å². The van der Waals surface area contributed by atoms with E-state index in [9.17, 15) is 13.6 Å². The molecule has 0 saturated carbocycles. The van der Waals surface area contributed by atoms with Crippen LogP contribution in [0.5, 0.6) is 0 Å². The topological polar surface area (TPSA) is 46.9 Å². The van der Waals surface area contributed by atoms with Gasteiger partial charge in [0.1, 0.15) is 11.5 Å². The summed E-state index contributed by atoms with van der Waals surface area (Å²) in [4.78, 5) is 12.1.